The van der Waals surface area contributed by atoms with Gasteiger partial charge in [0.15, 0.2) is 11.4 Å². The molecule has 0 atom stereocenters. The number of aliphatic hydroxyl groups is 1. The number of halogens is 2. The summed E-state index contributed by atoms with van der Waals surface area (Å²) < 4.78 is 80.6. The van der Waals surface area contributed by atoms with E-state index in [0.29, 0.717) is 54.6 Å². The number of aliphatic hydroxyl groups excluding tert-OH is 1. The number of esters is 1. The van der Waals surface area contributed by atoms with Crippen molar-refractivity contribution in [3.05, 3.63) is 201 Å². The molecule has 131 heavy (non-hydrogen) atoms. The van der Waals surface area contributed by atoms with Crippen LogP contribution in [-0.4, -0.2) is 166 Å². The third kappa shape index (κ3) is 29.9. The minimum absolute atomic E-state index is 0.0665. The van der Waals surface area contributed by atoms with Gasteiger partial charge >= 0.3 is 33.1 Å². The molecule has 5 aliphatic carbocycles. The Labute approximate surface area is 793 Å². The standard InChI is InChI=1S/C25H29N3O4.C23H25N3O4.C18H27BO3.C12H24B2O4.C12H15BrO.C6H5BrO.C6H12O/c1-3-31-25(29)23-24(28(27-26-23)16-18-8-12-21(30-2)13-9-18)20-10-14-22(15-11-20)32-17-19-6-4-5-7-19;1-29-19-10-6-16(7-11-19)14-26-22(21(23(27)28)24-25-26)18-8-12-20(13-9-18)30-15-17-4-2-3-5-17;1-17(2)18(3,4)22-19(21-17)15-9-11-16(12-10-15)20-13-14-7-5-6-8-14;1-9(2)10(3,4)16-13(15-9)14-17-11(5,6)12(7,8)18-14;13-11-5-7-12(8-6-11)14-9-10-3-1-2-4-10;7-5-1-3-6(8)4-2-5;7-5-6-3-1-2-4-6/h8-15,19H,3-7,16-17H2,1-2H3;6-13,17H,2-5,14-15H2,1H3,(H,27,28);9-12,14H,5-8,13H2,1-4H3;1-8H3;5-8,10H,1-4,9H2;1-4,8H;6-7H,1-5H2. The van der Waals surface area contributed by atoms with Crippen molar-refractivity contribution in [3.63, 3.8) is 0 Å². The van der Waals surface area contributed by atoms with Crippen LogP contribution in [0.5, 0.6) is 40.2 Å². The largest absolute Gasteiger partial charge is 0.508 e. The van der Waals surface area contributed by atoms with Gasteiger partial charge in [-0.15, -0.1) is 10.2 Å². The Balaban J connectivity index is 0.000000155. The van der Waals surface area contributed by atoms with E-state index < -0.39 is 26.0 Å². The van der Waals surface area contributed by atoms with Crippen molar-refractivity contribution in [2.45, 2.75) is 265 Å². The molecule has 17 rings (SSSR count). The number of phenolic OH excluding ortho intramolecular Hbond substituents is 1. The maximum Gasteiger partial charge on any atom is 0.494 e. The van der Waals surface area contributed by atoms with Crippen molar-refractivity contribution in [1.29, 1.82) is 0 Å². The third-order valence-corrected chi connectivity index (χ3v) is 27.8. The SMILES string of the molecule is Brc1ccc(OCC2CCCC2)cc1.CC1(C)OB(B2OC(C)(C)C(C)(C)O2)OC1(C)C.CC1(C)OB(c2ccc(OCC3CCCC3)cc2)OC1(C)C.CCOC(=O)c1nnn(Cc2ccc(OC)cc2)c1-c1ccc(OCC2CCCC2)cc1.COc1ccc(Cn2nnc(C(=O)O)c2-c2ccc(OCC3CCCC3)cc2)cc1.OCC1CCCC1.Oc1ccc(Br)cc1. The zero-order valence-electron chi connectivity index (χ0n) is 79.5. The monoisotopic (exact) mass is 1920 g/mol. The minimum Gasteiger partial charge on any atom is -0.508 e. The van der Waals surface area contributed by atoms with Gasteiger partial charge in [0.2, 0.25) is 0 Å². The van der Waals surface area contributed by atoms with E-state index in [2.05, 4.69) is 80.2 Å². The van der Waals surface area contributed by atoms with Crippen molar-refractivity contribution >= 4 is 70.4 Å². The number of aromatic hydroxyl groups is 1. The highest BCUT2D eigenvalue weighted by molar-refractivity contribution is 9.10. The molecular weight excluding hydrogens is 1790 g/mol. The summed E-state index contributed by atoms with van der Waals surface area (Å²) in [6.45, 7) is 31.1. The van der Waals surface area contributed by atoms with Crippen LogP contribution >= 0.6 is 31.9 Å². The van der Waals surface area contributed by atoms with Gasteiger partial charge in [0, 0.05) is 26.7 Å². The average molecular weight is 1930 g/mol. The molecule has 29 heteroatoms. The number of methoxy groups -OCH3 is 2. The van der Waals surface area contributed by atoms with Crippen LogP contribution in [0.4, 0.5) is 0 Å². The lowest BCUT2D eigenvalue weighted by Crippen LogP contribution is -2.41. The van der Waals surface area contributed by atoms with Gasteiger partial charge in [0.05, 0.1) is 93.9 Å². The molecule has 5 heterocycles. The van der Waals surface area contributed by atoms with Crippen LogP contribution in [0.25, 0.3) is 22.5 Å². The van der Waals surface area contributed by atoms with E-state index in [4.69, 9.17) is 71.3 Å². The summed E-state index contributed by atoms with van der Waals surface area (Å²) in [6, 6.07) is 53.6. The molecule has 3 N–H and O–H groups in total. The fraction of sp³-hybridized carbons (Fsp3) is 0.529. The molecule has 24 nitrogen and oxygen atoms in total. The molecule has 0 bridgehead atoms. The Morgan fingerprint density at radius 3 is 0.977 bits per heavy atom. The Hall–Kier alpha value is -8.77. The van der Waals surface area contributed by atoms with Gasteiger partial charge in [0.25, 0.3) is 0 Å². The van der Waals surface area contributed by atoms with Crippen LogP contribution < -0.4 is 33.9 Å². The molecule has 0 amide bonds. The first-order valence-electron chi connectivity index (χ1n) is 46.9. The molecule has 9 aromatic rings. The van der Waals surface area contributed by atoms with Crippen LogP contribution in [0.3, 0.4) is 0 Å². The summed E-state index contributed by atoms with van der Waals surface area (Å²) in [5.41, 5.74) is 3.81. The molecule has 3 aliphatic heterocycles. The maximum atomic E-state index is 12.5. The second-order valence-electron chi connectivity index (χ2n) is 38.2. The number of phenols is 1. The number of aromatic nitrogens is 6. The summed E-state index contributed by atoms with van der Waals surface area (Å²) in [7, 11) is 2.00. The average Bonchev–Trinajstić information content (AvgIpc) is 1.59. The van der Waals surface area contributed by atoms with Gasteiger partial charge < -0.3 is 76.4 Å². The summed E-state index contributed by atoms with van der Waals surface area (Å²) in [6.07, 6.45) is 26.1. The topological polar surface area (TPSA) is 276 Å². The van der Waals surface area contributed by atoms with Crippen molar-refractivity contribution < 1.29 is 86.0 Å². The van der Waals surface area contributed by atoms with E-state index in [9.17, 15) is 14.7 Å². The highest BCUT2D eigenvalue weighted by Gasteiger charge is 2.64. The summed E-state index contributed by atoms with van der Waals surface area (Å²) in [4.78, 5) is 24.2. The Morgan fingerprint density at radius 1 is 0.397 bits per heavy atom. The number of hydrogen-bond acceptors (Lipinski definition) is 21. The first-order chi connectivity index (χ1) is 62.6. The predicted octanol–water partition coefficient (Wildman–Crippen LogP) is 22.2. The molecule has 8 aliphatic rings. The first-order valence-corrected chi connectivity index (χ1v) is 48.4. The van der Waals surface area contributed by atoms with E-state index in [1.54, 1.807) is 54.8 Å². The molecule has 0 radical (unpaired) electrons. The molecule has 2 aromatic heterocycles. The molecule has 3 saturated heterocycles. The number of carbonyl (C=O) groups is 2. The lowest BCUT2D eigenvalue weighted by atomic mass is 9.49. The van der Waals surface area contributed by atoms with E-state index in [1.165, 1.54) is 128 Å². The van der Waals surface area contributed by atoms with E-state index in [0.717, 1.165) is 109 Å². The molecule has 706 valence electrons. The number of hydrogen-bond donors (Lipinski definition) is 3. The zero-order chi connectivity index (χ0) is 93.9. The summed E-state index contributed by atoms with van der Waals surface area (Å²) in [5.74, 6) is 7.27. The Morgan fingerprint density at radius 2 is 0.679 bits per heavy atom. The number of benzene rings is 7. The smallest absolute Gasteiger partial charge is 0.494 e. The van der Waals surface area contributed by atoms with Gasteiger partial charge in [-0.25, -0.2) is 19.0 Å². The number of carboxylic acid groups (broad SMARTS) is 1. The van der Waals surface area contributed by atoms with Gasteiger partial charge in [0.1, 0.15) is 51.6 Å². The van der Waals surface area contributed by atoms with Crippen molar-refractivity contribution in [2.24, 2.45) is 29.6 Å². The number of ether oxygens (including phenoxy) is 7. The zero-order valence-corrected chi connectivity index (χ0v) is 82.7. The van der Waals surface area contributed by atoms with Gasteiger partial charge in [-0.05, 0) is 334 Å². The highest BCUT2D eigenvalue weighted by Crippen LogP contribution is 2.44. The van der Waals surface area contributed by atoms with Crippen molar-refractivity contribution in [2.75, 3.05) is 53.9 Å². The van der Waals surface area contributed by atoms with Gasteiger partial charge in [-0.1, -0.05) is 143 Å². The van der Waals surface area contributed by atoms with Crippen LogP contribution in [0, 0.1) is 29.6 Å². The first kappa shape index (κ1) is 103. The molecule has 5 saturated carbocycles. The molecule has 0 unspecified atom stereocenters. The van der Waals surface area contributed by atoms with Crippen LogP contribution in [0.15, 0.2) is 179 Å². The van der Waals surface area contributed by atoms with Crippen molar-refractivity contribution in [3.8, 4) is 62.8 Å². The highest BCUT2D eigenvalue weighted by atomic mass is 79.9. The minimum atomic E-state index is -1.10. The van der Waals surface area contributed by atoms with Gasteiger partial charge in [-0.3, -0.25) is 0 Å². The normalized spacial score (nSPS) is 18.7. The van der Waals surface area contributed by atoms with E-state index in [1.807, 2.05) is 201 Å². The Bertz CT molecular complexity index is 4830. The van der Waals surface area contributed by atoms with Gasteiger partial charge in [-0.2, -0.15) is 0 Å². The lowest BCUT2D eigenvalue weighted by molar-refractivity contribution is 0.00578. The molecule has 7 aromatic carbocycles. The Kier molecular flexibility index (Phi) is 38.0. The third-order valence-electron chi connectivity index (χ3n) is 26.8. The van der Waals surface area contributed by atoms with Crippen LogP contribution in [0.2, 0.25) is 0 Å². The maximum absolute atomic E-state index is 12.5. The number of carbonyl (C=O) groups excluding carboxylic acids is 1. The molecule has 8 fully saturated rings. The fourth-order valence-corrected chi connectivity index (χ4v) is 17.1. The van der Waals surface area contributed by atoms with E-state index in [-0.39, 0.29) is 58.7 Å². The van der Waals surface area contributed by atoms with Crippen molar-refractivity contribution in [1.82, 2.24) is 30.0 Å². The second-order valence-corrected chi connectivity index (χ2v) is 40.0. The van der Waals surface area contributed by atoms with E-state index >= 15 is 0 Å². The number of aromatic carboxylic acids is 1. The quantitative estimate of drug-likeness (QED) is 0.0335. The second kappa shape index (κ2) is 48.4. The summed E-state index contributed by atoms with van der Waals surface area (Å²) >= 11 is 6.64. The fourth-order valence-electron chi connectivity index (χ4n) is 16.6. The number of nitrogens with zero attached hydrogens (tertiary/aromatic N) is 6. The number of rotatable bonds is 26. The summed E-state index contributed by atoms with van der Waals surface area (Å²) in [5, 5.41) is 43.2. The molecular formula is C102H137B3Br2N6O18. The van der Waals surface area contributed by atoms with Crippen LogP contribution in [0.1, 0.15) is 251 Å². The molecule has 0 spiro atoms. The van der Waals surface area contributed by atoms with Crippen LogP contribution in [-0.2, 0) is 45.8 Å². The predicted molar refractivity (Wildman–Crippen MR) is 521 cm³/mol. The number of carboxylic acids is 1. The lowest BCUT2D eigenvalue weighted by Gasteiger charge is -2.32.